The number of amides is 2. The maximum atomic E-state index is 12.4. The lowest BCUT2D eigenvalue weighted by Gasteiger charge is -2.29. The van der Waals surface area contributed by atoms with Crippen LogP contribution in [0.15, 0.2) is 60.7 Å². The lowest BCUT2D eigenvalue weighted by Crippen LogP contribution is -2.34. The van der Waals surface area contributed by atoms with Crippen LogP contribution in [0.25, 0.3) is 0 Å². The van der Waals surface area contributed by atoms with Gasteiger partial charge in [0.15, 0.2) is 0 Å². The fourth-order valence-electron chi connectivity index (χ4n) is 5.71. The summed E-state index contributed by atoms with van der Waals surface area (Å²) in [4.78, 5) is 56.4. The van der Waals surface area contributed by atoms with Gasteiger partial charge < -0.3 is 24.0 Å². The normalized spacial score (nSPS) is 23.3. The van der Waals surface area contributed by atoms with E-state index in [2.05, 4.69) is 27.7 Å². The molecule has 0 unspecified atom stereocenters. The van der Waals surface area contributed by atoms with E-state index in [0.717, 1.165) is 30.6 Å². The fraction of sp³-hybridized carbons (Fsp3) is 0.568. The van der Waals surface area contributed by atoms with Crippen molar-refractivity contribution in [2.24, 2.45) is 22.7 Å². The summed E-state index contributed by atoms with van der Waals surface area (Å²) in [5, 5.41) is 0. The second kappa shape index (κ2) is 17.7. The summed E-state index contributed by atoms with van der Waals surface area (Å²) >= 11 is 0. The number of rotatable bonds is 7. The van der Waals surface area contributed by atoms with Crippen LogP contribution in [0.5, 0.6) is 0 Å². The van der Waals surface area contributed by atoms with Crippen LogP contribution in [0.3, 0.4) is 0 Å². The van der Waals surface area contributed by atoms with Gasteiger partial charge >= 0.3 is 24.3 Å². The molecule has 258 valence electrons. The maximum Gasteiger partial charge on any atom is 0.410 e. The van der Waals surface area contributed by atoms with Crippen molar-refractivity contribution in [3.05, 3.63) is 71.8 Å². The summed E-state index contributed by atoms with van der Waals surface area (Å²) in [6.45, 7) is 19.6. The van der Waals surface area contributed by atoms with Gasteiger partial charge in [-0.1, -0.05) is 95.3 Å². The van der Waals surface area contributed by atoms with Crippen LogP contribution in [0.1, 0.15) is 79.4 Å². The second-order valence-corrected chi connectivity index (χ2v) is 14.2. The molecule has 0 aliphatic carbocycles. The quantitative estimate of drug-likeness (QED) is 0.229. The summed E-state index contributed by atoms with van der Waals surface area (Å²) in [5.41, 5.74) is 1.42. The summed E-state index contributed by atoms with van der Waals surface area (Å²) < 4.78 is 16.2. The first-order valence-corrected chi connectivity index (χ1v) is 16.2. The molecule has 2 aromatic rings. The Morgan fingerprint density at radius 1 is 0.766 bits per heavy atom. The Hall–Kier alpha value is -4.17. The molecule has 4 rings (SSSR count). The molecule has 4 atom stereocenters. The predicted octanol–water partition coefficient (Wildman–Crippen LogP) is 7.12. The number of hydrogen-bond donors (Lipinski definition) is 0. The molecule has 0 aromatic heterocycles. The Morgan fingerprint density at radius 2 is 1.15 bits per heavy atom. The SMILES string of the molecule is CC[C@]1(C)CN(C(=O)OCc2ccccc2)C[C@H]1C.C[C@@H]1CN(C(=O)OCc2ccccc2)C[C@@]1(C)CC(=O)OC(C)(C)C.O=C=O. The molecule has 0 radical (unpaired) electrons. The minimum absolute atomic E-state index is 0.187. The predicted molar refractivity (Wildman–Crippen MR) is 177 cm³/mol. The molecule has 0 saturated carbocycles. The molecule has 47 heavy (non-hydrogen) atoms. The number of carbonyl (C=O) groups is 3. The van der Waals surface area contributed by atoms with E-state index < -0.39 is 5.60 Å². The number of carbonyl (C=O) groups excluding carboxylic acids is 5. The smallest absolute Gasteiger partial charge is 0.410 e. The first kappa shape index (κ1) is 39.0. The van der Waals surface area contributed by atoms with E-state index in [4.69, 9.17) is 23.8 Å². The molecule has 2 heterocycles. The molecule has 2 saturated heterocycles. The molecule has 10 nitrogen and oxygen atoms in total. The van der Waals surface area contributed by atoms with Crippen molar-refractivity contribution in [2.45, 2.75) is 87.0 Å². The van der Waals surface area contributed by atoms with E-state index in [-0.39, 0.29) is 47.7 Å². The first-order valence-electron chi connectivity index (χ1n) is 16.2. The zero-order valence-corrected chi connectivity index (χ0v) is 29.2. The molecule has 10 heteroatoms. The number of nitrogens with zero attached hydrogens (tertiary/aromatic N) is 2. The number of benzene rings is 2. The van der Waals surface area contributed by atoms with Crippen LogP contribution in [0.2, 0.25) is 0 Å². The molecule has 2 amide bonds. The summed E-state index contributed by atoms with van der Waals surface area (Å²) in [6.07, 6.45) is 1.13. The van der Waals surface area contributed by atoms with Crippen molar-refractivity contribution in [2.75, 3.05) is 26.2 Å². The molecule has 2 fully saturated rings. The van der Waals surface area contributed by atoms with Gasteiger partial charge in [0, 0.05) is 26.2 Å². The minimum atomic E-state index is -0.496. The second-order valence-electron chi connectivity index (χ2n) is 14.2. The molecular weight excluding hydrogens is 600 g/mol. The number of ether oxygens (including phenoxy) is 3. The first-order chi connectivity index (χ1) is 22.1. The summed E-state index contributed by atoms with van der Waals surface area (Å²) in [6, 6.07) is 19.4. The molecule has 0 spiro atoms. The standard InChI is InChI=1S/C20H29NO4.C16H23NO2.CO2/c1-15-12-21(18(23)24-13-16-9-7-6-8-10-16)14-20(15,5)11-17(22)25-19(2,3)4;1-4-16(3)12-17(10-13(16)2)15(18)19-11-14-8-6-5-7-9-14;2-1-3/h6-10,15H,11-14H2,1-5H3;5-9,13H,4,10-12H2,1-3H3;/t15-,20-;13-,16-;/m11./s1. The Morgan fingerprint density at radius 3 is 1.51 bits per heavy atom. The largest absolute Gasteiger partial charge is 0.460 e. The topological polar surface area (TPSA) is 120 Å². The third-order valence-corrected chi connectivity index (χ3v) is 9.17. The van der Waals surface area contributed by atoms with Crippen molar-refractivity contribution < 1.29 is 38.2 Å². The van der Waals surface area contributed by atoms with Crippen LogP contribution < -0.4 is 0 Å². The highest BCUT2D eigenvalue weighted by molar-refractivity contribution is 5.72. The van der Waals surface area contributed by atoms with Crippen molar-refractivity contribution in [1.82, 2.24) is 9.80 Å². The molecular formula is C37H52N2O8. The Labute approximate surface area is 279 Å². The zero-order chi connectivity index (χ0) is 35.3. The van der Waals surface area contributed by atoms with Gasteiger partial charge in [-0.2, -0.15) is 9.59 Å². The van der Waals surface area contributed by atoms with E-state index in [9.17, 15) is 14.4 Å². The van der Waals surface area contributed by atoms with Gasteiger partial charge in [-0.05, 0) is 61.0 Å². The zero-order valence-electron chi connectivity index (χ0n) is 29.2. The third kappa shape index (κ3) is 12.5. The van der Waals surface area contributed by atoms with Crippen LogP contribution in [0.4, 0.5) is 9.59 Å². The molecule has 2 aromatic carbocycles. The molecule has 0 bridgehead atoms. The highest BCUT2D eigenvalue weighted by atomic mass is 16.6. The van der Waals surface area contributed by atoms with E-state index in [0.29, 0.717) is 32.0 Å². The number of likely N-dealkylation sites (tertiary alicyclic amines) is 2. The lowest BCUT2D eigenvalue weighted by atomic mass is 9.78. The van der Waals surface area contributed by atoms with Crippen molar-refractivity contribution in [3.8, 4) is 0 Å². The molecule has 2 aliphatic heterocycles. The van der Waals surface area contributed by atoms with E-state index in [1.807, 2.05) is 93.3 Å². The minimum Gasteiger partial charge on any atom is -0.460 e. The monoisotopic (exact) mass is 652 g/mol. The van der Waals surface area contributed by atoms with Crippen LogP contribution in [-0.2, 0) is 41.8 Å². The molecule has 0 N–H and O–H groups in total. The van der Waals surface area contributed by atoms with Crippen LogP contribution in [-0.4, -0.2) is 65.9 Å². The van der Waals surface area contributed by atoms with Crippen LogP contribution in [0, 0.1) is 22.7 Å². The van der Waals surface area contributed by atoms with Gasteiger partial charge in [-0.15, -0.1) is 0 Å². The van der Waals surface area contributed by atoms with E-state index >= 15 is 0 Å². The highest BCUT2D eigenvalue weighted by Gasteiger charge is 2.45. The van der Waals surface area contributed by atoms with Gasteiger partial charge in [0.1, 0.15) is 18.8 Å². The highest BCUT2D eigenvalue weighted by Crippen LogP contribution is 2.40. The average Bonchev–Trinajstić information content (AvgIpc) is 3.49. The van der Waals surface area contributed by atoms with Crippen molar-refractivity contribution >= 4 is 24.3 Å². The Kier molecular flexibility index (Phi) is 14.7. The van der Waals surface area contributed by atoms with Crippen LogP contribution >= 0.6 is 0 Å². The number of esters is 1. The Balaban J connectivity index is 0.000000311. The van der Waals surface area contributed by atoms with Gasteiger partial charge in [0.05, 0.1) is 6.42 Å². The number of hydrogen-bond acceptors (Lipinski definition) is 8. The summed E-state index contributed by atoms with van der Waals surface area (Å²) in [5.74, 6) is 0.507. The Bertz CT molecular complexity index is 1320. The average molecular weight is 653 g/mol. The van der Waals surface area contributed by atoms with E-state index in [1.54, 1.807) is 4.90 Å². The molecule has 2 aliphatic rings. The van der Waals surface area contributed by atoms with Gasteiger partial charge in [0.2, 0.25) is 0 Å². The van der Waals surface area contributed by atoms with Gasteiger partial charge in [0.25, 0.3) is 0 Å². The third-order valence-electron chi connectivity index (χ3n) is 9.17. The maximum absolute atomic E-state index is 12.4. The summed E-state index contributed by atoms with van der Waals surface area (Å²) in [7, 11) is 0. The van der Waals surface area contributed by atoms with E-state index in [1.165, 1.54) is 0 Å². The van der Waals surface area contributed by atoms with Gasteiger partial charge in [-0.3, -0.25) is 4.79 Å². The van der Waals surface area contributed by atoms with Crippen molar-refractivity contribution in [3.63, 3.8) is 0 Å². The van der Waals surface area contributed by atoms with Crippen molar-refractivity contribution in [1.29, 1.82) is 0 Å². The fourth-order valence-corrected chi connectivity index (χ4v) is 5.71. The lowest BCUT2D eigenvalue weighted by molar-refractivity contribution is -0.191. The van der Waals surface area contributed by atoms with Gasteiger partial charge in [-0.25, -0.2) is 9.59 Å².